The summed E-state index contributed by atoms with van der Waals surface area (Å²) in [6.07, 6.45) is 12.6. The van der Waals surface area contributed by atoms with Gasteiger partial charge in [0.1, 0.15) is 0 Å². The molecule has 1 aromatic rings. The van der Waals surface area contributed by atoms with Gasteiger partial charge in [0, 0.05) is 31.9 Å². The zero-order chi connectivity index (χ0) is 9.36. The Bertz CT molecular complexity index is 246. The summed E-state index contributed by atoms with van der Waals surface area (Å²) < 4.78 is 2.07. The van der Waals surface area contributed by atoms with E-state index in [1.165, 1.54) is 0 Å². The predicted molar refractivity (Wildman–Crippen MR) is 53.2 cm³/mol. The third kappa shape index (κ3) is 4.34. The quantitative estimate of drug-likeness (QED) is 0.516. The normalized spacial score (nSPS) is 9.77. The molecule has 0 amide bonds. The highest BCUT2D eigenvalue weighted by Gasteiger charge is 1.89. The molecule has 0 aliphatic rings. The lowest BCUT2D eigenvalue weighted by Gasteiger charge is -2.02. The van der Waals surface area contributed by atoms with E-state index in [2.05, 4.69) is 20.8 Å². The maximum atomic E-state index is 5.12. The Morgan fingerprint density at radius 3 is 3.08 bits per heavy atom. The van der Waals surface area contributed by atoms with E-state index in [9.17, 15) is 0 Å². The Morgan fingerprint density at radius 2 is 2.38 bits per heavy atom. The minimum atomic E-state index is 0.811. The average Bonchev–Trinajstić information content (AvgIpc) is 2.63. The summed E-state index contributed by atoms with van der Waals surface area (Å²) in [7, 11) is 0. The number of nitrogens with zero attached hydrogens (tertiary/aromatic N) is 2. The lowest BCUT2D eigenvalue weighted by Crippen LogP contribution is -2.17. The summed E-state index contributed by atoms with van der Waals surface area (Å²) in [4.78, 5) is 3.97. The fourth-order valence-electron chi connectivity index (χ4n) is 1.09. The first-order valence-corrected chi connectivity index (χ1v) is 4.53. The van der Waals surface area contributed by atoms with Crippen LogP contribution in [0.5, 0.6) is 0 Å². The molecule has 13 heavy (non-hydrogen) atoms. The van der Waals surface area contributed by atoms with Gasteiger partial charge in [0.25, 0.3) is 0 Å². The number of rotatable bonds is 6. The van der Waals surface area contributed by atoms with Crippen LogP contribution in [-0.2, 0) is 6.54 Å². The number of hydrogen-bond donors (Lipinski definition) is 1. The van der Waals surface area contributed by atoms with Crippen molar-refractivity contribution in [2.24, 2.45) is 0 Å². The standard InChI is InChI=1S/C10H15N3/c1-2-3-5-11-6-4-8-13-9-7-12-10-13/h1,7,9-11H,3-6,8H2. The van der Waals surface area contributed by atoms with Crippen LogP contribution >= 0.6 is 0 Å². The summed E-state index contributed by atoms with van der Waals surface area (Å²) in [6.45, 7) is 2.95. The van der Waals surface area contributed by atoms with Crippen molar-refractivity contribution in [1.29, 1.82) is 0 Å². The average molecular weight is 177 g/mol. The maximum absolute atomic E-state index is 5.12. The predicted octanol–water partition coefficient (Wildman–Crippen LogP) is 0.886. The first kappa shape index (κ1) is 9.82. The number of imidazole rings is 1. The minimum absolute atomic E-state index is 0.811. The molecule has 70 valence electrons. The molecule has 3 heteroatoms. The molecule has 0 unspecified atom stereocenters. The molecule has 1 heterocycles. The molecule has 0 aromatic carbocycles. The van der Waals surface area contributed by atoms with Crippen molar-refractivity contribution < 1.29 is 0 Å². The van der Waals surface area contributed by atoms with Gasteiger partial charge < -0.3 is 9.88 Å². The van der Waals surface area contributed by atoms with E-state index >= 15 is 0 Å². The third-order valence-electron chi connectivity index (χ3n) is 1.78. The van der Waals surface area contributed by atoms with Gasteiger partial charge in [-0.2, -0.15) is 0 Å². The van der Waals surface area contributed by atoms with Gasteiger partial charge in [-0.3, -0.25) is 0 Å². The monoisotopic (exact) mass is 177 g/mol. The highest BCUT2D eigenvalue weighted by Crippen LogP contribution is 1.88. The fraction of sp³-hybridized carbons (Fsp3) is 0.500. The smallest absolute Gasteiger partial charge is 0.0945 e. The van der Waals surface area contributed by atoms with Gasteiger partial charge in [0.05, 0.1) is 6.33 Å². The van der Waals surface area contributed by atoms with Crippen LogP contribution in [0.2, 0.25) is 0 Å². The molecule has 0 bridgehead atoms. The van der Waals surface area contributed by atoms with Crippen LogP contribution in [0.3, 0.4) is 0 Å². The second-order valence-corrected chi connectivity index (χ2v) is 2.86. The van der Waals surface area contributed by atoms with Crippen LogP contribution in [0, 0.1) is 12.3 Å². The molecular weight excluding hydrogens is 162 g/mol. The van der Waals surface area contributed by atoms with Gasteiger partial charge in [-0.15, -0.1) is 12.3 Å². The molecular formula is C10H15N3. The zero-order valence-corrected chi connectivity index (χ0v) is 7.74. The van der Waals surface area contributed by atoms with E-state index in [0.717, 1.165) is 32.5 Å². The Morgan fingerprint density at radius 1 is 1.46 bits per heavy atom. The molecule has 0 aliphatic carbocycles. The van der Waals surface area contributed by atoms with E-state index in [4.69, 9.17) is 6.42 Å². The van der Waals surface area contributed by atoms with Crippen LogP contribution in [0.15, 0.2) is 18.7 Å². The van der Waals surface area contributed by atoms with Gasteiger partial charge >= 0.3 is 0 Å². The maximum Gasteiger partial charge on any atom is 0.0945 e. The van der Waals surface area contributed by atoms with Crippen molar-refractivity contribution in [2.75, 3.05) is 13.1 Å². The molecule has 0 saturated carbocycles. The first-order chi connectivity index (χ1) is 6.43. The highest BCUT2D eigenvalue weighted by atomic mass is 15.0. The van der Waals surface area contributed by atoms with Gasteiger partial charge in [-0.05, 0) is 13.0 Å². The number of aromatic nitrogens is 2. The van der Waals surface area contributed by atoms with E-state index < -0.39 is 0 Å². The van der Waals surface area contributed by atoms with Gasteiger partial charge in [0.2, 0.25) is 0 Å². The molecule has 0 saturated heterocycles. The van der Waals surface area contributed by atoms with Crippen LogP contribution in [0.1, 0.15) is 12.8 Å². The molecule has 0 spiro atoms. The fourth-order valence-corrected chi connectivity index (χ4v) is 1.09. The molecule has 1 rings (SSSR count). The first-order valence-electron chi connectivity index (χ1n) is 4.53. The van der Waals surface area contributed by atoms with E-state index in [1.54, 1.807) is 6.20 Å². The van der Waals surface area contributed by atoms with Crippen molar-refractivity contribution in [1.82, 2.24) is 14.9 Å². The summed E-state index contributed by atoms with van der Waals surface area (Å²) in [5.41, 5.74) is 0. The second-order valence-electron chi connectivity index (χ2n) is 2.86. The Labute approximate surface area is 79.2 Å². The van der Waals surface area contributed by atoms with Crippen LogP contribution < -0.4 is 5.32 Å². The van der Waals surface area contributed by atoms with E-state index in [1.807, 2.05) is 12.5 Å². The Balaban J connectivity index is 1.94. The SMILES string of the molecule is C#CCCNCCCn1ccnc1. The van der Waals surface area contributed by atoms with Crippen molar-refractivity contribution in [3.63, 3.8) is 0 Å². The van der Waals surface area contributed by atoms with Gasteiger partial charge in [0.15, 0.2) is 0 Å². The van der Waals surface area contributed by atoms with Crippen molar-refractivity contribution in [3.05, 3.63) is 18.7 Å². The molecule has 0 atom stereocenters. The van der Waals surface area contributed by atoms with Crippen LogP contribution in [0.25, 0.3) is 0 Å². The second kappa shape index (κ2) is 6.27. The topological polar surface area (TPSA) is 29.9 Å². The lowest BCUT2D eigenvalue weighted by atomic mass is 10.4. The highest BCUT2D eigenvalue weighted by molar-refractivity contribution is 4.83. The Kier molecular flexibility index (Phi) is 4.73. The van der Waals surface area contributed by atoms with Gasteiger partial charge in [-0.25, -0.2) is 4.98 Å². The minimum Gasteiger partial charge on any atom is -0.337 e. The molecule has 0 fully saturated rings. The molecule has 3 nitrogen and oxygen atoms in total. The molecule has 1 aromatic heterocycles. The zero-order valence-electron chi connectivity index (χ0n) is 7.74. The van der Waals surface area contributed by atoms with Crippen molar-refractivity contribution in [2.45, 2.75) is 19.4 Å². The summed E-state index contributed by atoms with van der Waals surface area (Å²) in [5, 5.41) is 3.27. The Hall–Kier alpha value is -1.27. The van der Waals surface area contributed by atoms with E-state index in [0.29, 0.717) is 0 Å². The van der Waals surface area contributed by atoms with Crippen LogP contribution in [0.4, 0.5) is 0 Å². The summed E-state index contributed by atoms with van der Waals surface area (Å²) in [5.74, 6) is 2.59. The molecule has 0 radical (unpaired) electrons. The largest absolute Gasteiger partial charge is 0.337 e. The third-order valence-corrected chi connectivity index (χ3v) is 1.78. The van der Waals surface area contributed by atoms with E-state index in [-0.39, 0.29) is 0 Å². The lowest BCUT2D eigenvalue weighted by molar-refractivity contribution is 0.585. The number of aryl methyl sites for hydroxylation is 1. The van der Waals surface area contributed by atoms with Gasteiger partial charge in [-0.1, -0.05) is 0 Å². The summed E-state index contributed by atoms with van der Waals surface area (Å²) >= 11 is 0. The van der Waals surface area contributed by atoms with Crippen LogP contribution in [-0.4, -0.2) is 22.6 Å². The molecule has 1 N–H and O–H groups in total. The number of terminal acetylenes is 1. The van der Waals surface area contributed by atoms with Crippen molar-refractivity contribution in [3.8, 4) is 12.3 Å². The number of nitrogens with one attached hydrogen (secondary N) is 1. The number of hydrogen-bond acceptors (Lipinski definition) is 2. The molecule has 0 aliphatic heterocycles. The van der Waals surface area contributed by atoms with Crippen molar-refractivity contribution >= 4 is 0 Å². The summed E-state index contributed by atoms with van der Waals surface area (Å²) in [6, 6.07) is 0.